The van der Waals surface area contributed by atoms with E-state index in [2.05, 4.69) is 5.16 Å². The van der Waals surface area contributed by atoms with Crippen molar-refractivity contribution in [3.8, 4) is 0 Å². The molecule has 1 N–H and O–H groups in total. The maximum Gasteiger partial charge on any atom is 0.194 e. The monoisotopic (exact) mass is 175 g/mol. The number of oxime groups is 1. The lowest BCUT2D eigenvalue weighted by Gasteiger charge is -1.95. The molecule has 1 aromatic carbocycles. The van der Waals surface area contributed by atoms with Crippen LogP contribution in [0.2, 0.25) is 0 Å². The summed E-state index contributed by atoms with van der Waals surface area (Å²) in [6.07, 6.45) is 0.797. The van der Waals surface area contributed by atoms with Gasteiger partial charge < -0.3 is 5.21 Å². The molecule has 0 aliphatic carbocycles. The smallest absolute Gasteiger partial charge is 0.194 e. The molecule has 0 saturated heterocycles. The number of nitrogens with zero attached hydrogens (tertiary/aromatic N) is 1. The number of halogens is 3. The average molecular weight is 175 g/mol. The van der Waals surface area contributed by atoms with Crippen molar-refractivity contribution in [1.82, 2.24) is 0 Å². The lowest BCUT2D eigenvalue weighted by atomic mass is 10.2. The van der Waals surface area contributed by atoms with Gasteiger partial charge in [0, 0.05) is 5.56 Å². The van der Waals surface area contributed by atoms with Crippen molar-refractivity contribution in [2.24, 2.45) is 5.16 Å². The summed E-state index contributed by atoms with van der Waals surface area (Å²) in [7, 11) is 0. The quantitative estimate of drug-likeness (QED) is 0.300. The summed E-state index contributed by atoms with van der Waals surface area (Å²) in [5, 5.41) is 10.5. The van der Waals surface area contributed by atoms with Crippen LogP contribution in [0.15, 0.2) is 17.3 Å². The first kappa shape index (κ1) is 8.58. The molecule has 0 atom stereocenters. The first-order chi connectivity index (χ1) is 5.65. The molecule has 1 aromatic rings. The fourth-order valence-electron chi connectivity index (χ4n) is 0.716. The minimum absolute atomic E-state index is 0.0473. The summed E-state index contributed by atoms with van der Waals surface area (Å²) >= 11 is 0. The molecule has 1 rings (SSSR count). The highest BCUT2D eigenvalue weighted by atomic mass is 19.2. The predicted molar refractivity (Wildman–Crippen MR) is 35.7 cm³/mol. The van der Waals surface area contributed by atoms with Crippen molar-refractivity contribution < 1.29 is 18.4 Å². The summed E-state index contributed by atoms with van der Waals surface area (Å²) < 4.78 is 37.1. The molecule has 12 heavy (non-hydrogen) atoms. The van der Waals surface area contributed by atoms with Gasteiger partial charge in [0.15, 0.2) is 17.5 Å². The van der Waals surface area contributed by atoms with E-state index in [0.29, 0.717) is 0 Å². The van der Waals surface area contributed by atoms with Crippen LogP contribution in [0, 0.1) is 17.5 Å². The van der Waals surface area contributed by atoms with Crippen molar-refractivity contribution in [2.75, 3.05) is 0 Å². The standard InChI is InChI=1S/C7H4F3NO/c8-5-1-4(3-11-12)2-6(9)7(5)10/h1-3,12H. The van der Waals surface area contributed by atoms with Crippen molar-refractivity contribution in [1.29, 1.82) is 0 Å². The Bertz CT molecular complexity index is 301. The normalized spacial score (nSPS) is 10.9. The van der Waals surface area contributed by atoms with Crippen molar-refractivity contribution >= 4 is 6.21 Å². The fourth-order valence-corrected chi connectivity index (χ4v) is 0.716. The SMILES string of the molecule is ON=Cc1cc(F)c(F)c(F)c1. The number of rotatable bonds is 1. The Hall–Kier alpha value is -1.52. The number of hydrogen-bond acceptors (Lipinski definition) is 2. The molecule has 2 nitrogen and oxygen atoms in total. The van der Waals surface area contributed by atoms with Gasteiger partial charge in [-0.25, -0.2) is 13.2 Å². The second-order valence-electron chi connectivity index (χ2n) is 2.04. The fraction of sp³-hybridized carbons (Fsp3) is 0. The van der Waals surface area contributed by atoms with Crippen LogP contribution in [0.25, 0.3) is 0 Å². The third-order valence-electron chi connectivity index (χ3n) is 1.21. The van der Waals surface area contributed by atoms with E-state index < -0.39 is 17.5 Å². The predicted octanol–water partition coefficient (Wildman–Crippen LogP) is 1.91. The summed E-state index contributed by atoms with van der Waals surface area (Å²) in [6.45, 7) is 0. The van der Waals surface area contributed by atoms with Crippen molar-refractivity contribution in [3.63, 3.8) is 0 Å². The summed E-state index contributed by atoms with van der Waals surface area (Å²) in [5.41, 5.74) is -0.0473. The third kappa shape index (κ3) is 1.55. The Morgan fingerprint density at radius 3 is 2.08 bits per heavy atom. The Kier molecular flexibility index (Phi) is 2.32. The highest BCUT2D eigenvalue weighted by molar-refractivity contribution is 5.78. The zero-order valence-electron chi connectivity index (χ0n) is 5.76. The first-order valence-electron chi connectivity index (χ1n) is 2.97. The van der Waals surface area contributed by atoms with Crippen molar-refractivity contribution in [2.45, 2.75) is 0 Å². The van der Waals surface area contributed by atoms with E-state index in [0.717, 1.165) is 18.3 Å². The largest absolute Gasteiger partial charge is 0.411 e. The Labute approximate surface area is 65.9 Å². The van der Waals surface area contributed by atoms with Gasteiger partial charge in [-0.1, -0.05) is 5.16 Å². The molecule has 0 spiro atoms. The summed E-state index contributed by atoms with van der Waals surface area (Å²) in [4.78, 5) is 0. The van der Waals surface area contributed by atoms with Gasteiger partial charge in [0.25, 0.3) is 0 Å². The Morgan fingerprint density at radius 1 is 1.17 bits per heavy atom. The van der Waals surface area contributed by atoms with Crippen LogP contribution in [-0.4, -0.2) is 11.4 Å². The van der Waals surface area contributed by atoms with Crippen LogP contribution in [0.1, 0.15) is 5.56 Å². The molecular weight excluding hydrogens is 171 g/mol. The average Bonchev–Trinajstić information content (AvgIpc) is 2.01. The zero-order valence-corrected chi connectivity index (χ0v) is 5.76. The van der Waals surface area contributed by atoms with Gasteiger partial charge >= 0.3 is 0 Å². The van der Waals surface area contributed by atoms with Crippen LogP contribution < -0.4 is 0 Å². The van der Waals surface area contributed by atoms with Crippen LogP contribution in [0.3, 0.4) is 0 Å². The van der Waals surface area contributed by atoms with E-state index in [1.165, 1.54) is 0 Å². The van der Waals surface area contributed by atoms with E-state index >= 15 is 0 Å². The third-order valence-corrected chi connectivity index (χ3v) is 1.21. The molecule has 0 saturated carbocycles. The van der Waals surface area contributed by atoms with Gasteiger partial charge in [-0.2, -0.15) is 0 Å². The molecule has 0 aliphatic heterocycles. The van der Waals surface area contributed by atoms with E-state index in [-0.39, 0.29) is 5.56 Å². The second-order valence-corrected chi connectivity index (χ2v) is 2.04. The highest BCUT2D eigenvalue weighted by Crippen LogP contribution is 2.11. The molecule has 0 aromatic heterocycles. The molecule has 0 aliphatic rings. The molecular formula is C7H4F3NO. The van der Waals surface area contributed by atoms with Crippen LogP contribution >= 0.6 is 0 Å². The molecule has 64 valence electrons. The summed E-state index contributed by atoms with van der Waals surface area (Å²) in [6, 6.07) is 1.44. The van der Waals surface area contributed by atoms with E-state index in [1.54, 1.807) is 0 Å². The van der Waals surface area contributed by atoms with E-state index in [1.807, 2.05) is 0 Å². The minimum Gasteiger partial charge on any atom is -0.411 e. The van der Waals surface area contributed by atoms with E-state index in [4.69, 9.17) is 5.21 Å². The Balaban J connectivity index is 3.21. The zero-order chi connectivity index (χ0) is 9.14. The topological polar surface area (TPSA) is 32.6 Å². The minimum atomic E-state index is -1.54. The lowest BCUT2D eigenvalue weighted by Crippen LogP contribution is -1.93. The molecule has 0 radical (unpaired) electrons. The van der Waals surface area contributed by atoms with Gasteiger partial charge in [-0.15, -0.1) is 0 Å². The number of benzene rings is 1. The second kappa shape index (κ2) is 3.25. The molecule has 5 heteroatoms. The molecule has 0 amide bonds. The number of hydrogen-bond donors (Lipinski definition) is 1. The molecule has 0 fully saturated rings. The van der Waals surface area contributed by atoms with Crippen LogP contribution in [0.5, 0.6) is 0 Å². The lowest BCUT2D eigenvalue weighted by molar-refractivity contribution is 0.322. The first-order valence-corrected chi connectivity index (χ1v) is 2.97. The van der Waals surface area contributed by atoms with Gasteiger partial charge in [0.2, 0.25) is 0 Å². The molecule has 0 bridgehead atoms. The van der Waals surface area contributed by atoms with Gasteiger partial charge in [-0.3, -0.25) is 0 Å². The molecule has 0 heterocycles. The van der Waals surface area contributed by atoms with Gasteiger partial charge in [-0.05, 0) is 12.1 Å². The molecule has 0 unspecified atom stereocenters. The summed E-state index contributed by atoms with van der Waals surface area (Å²) in [5.74, 6) is -4.17. The highest BCUT2D eigenvalue weighted by Gasteiger charge is 2.08. The maximum absolute atomic E-state index is 12.4. The van der Waals surface area contributed by atoms with E-state index in [9.17, 15) is 13.2 Å². The van der Waals surface area contributed by atoms with Crippen LogP contribution in [0.4, 0.5) is 13.2 Å². The van der Waals surface area contributed by atoms with Gasteiger partial charge in [0.05, 0.1) is 6.21 Å². The Morgan fingerprint density at radius 2 is 1.67 bits per heavy atom. The maximum atomic E-state index is 12.4. The van der Waals surface area contributed by atoms with Crippen LogP contribution in [-0.2, 0) is 0 Å². The van der Waals surface area contributed by atoms with Gasteiger partial charge in [0.1, 0.15) is 0 Å². The van der Waals surface area contributed by atoms with Crippen molar-refractivity contribution in [3.05, 3.63) is 35.1 Å².